The molecule has 8 nitrogen and oxygen atoms in total. The standard InChI is InChI=1S/C18H24BrN5O3/c1-2-27-17-4-3-14(19)11-16(17)22-18(25)21-15-12-20-24(13-15)6-5-23-7-9-26-10-8-23/h3-4,11-13H,2,5-10H2,1H3,(H2,21,22,25). The summed E-state index contributed by atoms with van der Waals surface area (Å²) in [6.07, 6.45) is 3.47. The first-order valence-corrected chi connectivity index (χ1v) is 9.76. The van der Waals surface area contributed by atoms with Crippen LogP contribution >= 0.6 is 15.9 Å². The number of nitrogens with one attached hydrogen (secondary N) is 2. The number of carbonyl (C=O) groups excluding carboxylic acids is 1. The van der Waals surface area contributed by atoms with Gasteiger partial charge in [0.15, 0.2) is 0 Å². The van der Waals surface area contributed by atoms with Gasteiger partial charge in [-0.15, -0.1) is 0 Å². The zero-order valence-electron chi connectivity index (χ0n) is 15.3. The van der Waals surface area contributed by atoms with Crippen LogP contribution in [-0.2, 0) is 11.3 Å². The summed E-state index contributed by atoms with van der Waals surface area (Å²) in [6, 6.07) is 5.14. The Kier molecular flexibility index (Phi) is 7.08. The van der Waals surface area contributed by atoms with E-state index in [2.05, 4.69) is 36.6 Å². The number of carbonyl (C=O) groups is 1. The van der Waals surface area contributed by atoms with E-state index in [1.807, 2.05) is 29.9 Å². The zero-order valence-corrected chi connectivity index (χ0v) is 16.9. The van der Waals surface area contributed by atoms with E-state index in [1.165, 1.54) is 0 Å². The number of hydrogen-bond acceptors (Lipinski definition) is 5. The monoisotopic (exact) mass is 437 g/mol. The molecule has 2 heterocycles. The summed E-state index contributed by atoms with van der Waals surface area (Å²) in [4.78, 5) is 14.7. The molecule has 0 saturated carbocycles. The van der Waals surface area contributed by atoms with Gasteiger partial charge >= 0.3 is 6.03 Å². The van der Waals surface area contributed by atoms with Crippen LogP contribution < -0.4 is 15.4 Å². The maximum Gasteiger partial charge on any atom is 0.323 e. The molecule has 0 bridgehead atoms. The SMILES string of the molecule is CCOc1ccc(Br)cc1NC(=O)Nc1cnn(CCN2CCOCC2)c1. The molecule has 0 radical (unpaired) electrons. The van der Waals surface area contributed by atoms with Crippen molar-refractivity contribution in [2.24, 2.45) is 0 Å². The first-order chi connectivity index (χ1) is 13.1. The molecule has 2 amide bonds. The molecule has 1 fully saturated rings. The van der Waals surface area contributed by atoms with Crippen LogP contribution in [0.2, 0.25) is 0 Å². The summed E-state index contributed by atoms with van der Waals surface area (Å²) in [5, 5.41) is 9.92. The molecule has 2 aromatic rings. The van der Waals surface area contributed by atoms with Crippen LogP contribution in [0.1, 0.15) is 6.92 Å². The molecular weight excluding hydrogens is 414 g/mol. The number of aromatic nitrogens is 2. The van der Waals surface area contributed by atoms with Crippen LogP contribution in [0.15, 0.2) is 35.1 Å². The lowest BCUT2D eigenvalue weighted by atomic mass is 10.3. The number of ether oxygens (including phenoxy) is 2. The minimum Gasteiger partial charge on any atom is -0.492 e. The topological polar surface area (TPSA) is 80.7 Å². The molecule has 0 aliphatic carbocycles. The molecule has 2 N–H and O–H groups in total. The van der Waals surface area contributed by atoms with E-state index in [1.54, 1.807) is 12.3 Å². The zero-order chi connectivity index (χ0) is 19.1. The molecule has 0 spiro atoms. The van der Waals surface area contributed by atoms with Gasteiger partial charge in [-0.05, 0) is 25.1 Å². The Balaban J connectivity index is 1.52. The highest BCUT2D eigenvalue weighted by molar-refractivity contribution is 9.10. The Morgan fingerprint density at radius 2 is 2.11 bits per heavy atom. The van der Waals surface area contributed by atoms with Crippen LogP contribution in [0.25, 0.3) is 0 Å². The quantitative estimate of drug-likeness (QED) is 0.695. The van der Waals surface area contributed by atoms with E-state index in [4.69, 9.17) is 9.47 Å². The normalized spacial score (nSPS) is 14.7. The minimum atomic E-state index is -0.346. The predicted octanol–water partition coefficient (Wildman–Crippen LogP) is 3.02. The maximum atomic E-state index is 12.3. The van der Waals surface area contributed by atoms with Crippen molar-refractivity contribution in [2.75, 3.05) is 50.1 Å². The number of morpholine rings is 1. The lowest BCUT2D eigenvalue weighted by Crippen LogP contribution is -2.38. The van der Waals surface area contributed by atoms with Gasteiger partial charge in [-0.3, -0.25) is 9.58 Å². The fourth-order valence-corrected chi connectivity index (χ4v) is 3.15. The highest BCUT2D eigenvalue weighted by atomic mass is 79.9. The number of rotatable bonds is 7. The van der Waals surface area contributed by atoms with Gasteiger partial charge in [-0.2, -0.15) is 5.10 Å². The third-order valence-corrected chi connectivity index (χ3v) is 4.62. The second kappa shape index (κ2) is 9.72. The number of hydrogen-bond donors (Lipinski definition) is 2. The van der Waals surface area contributed by atoms with Gasteiger partial charge in [-0.1, -0.05) is 15.9 Å². The highest BCUT2D eigenvalue weighted by Crippen LogP contribution is 2.28. The van der Waals surface area contributed by atoms with Gasteiger partial charge in [0.1, 0.15) is 5.75 Å². The van der Waals surface area contributed by atoms with Crippen molar-refractivity contribution in [1.82, 2.24) is 14.7 Å². The van der Waals surface area contributed by atoms with E-state index >= 15 is 0 Å². The number of amides is 2. The average Bonchev–Trinajstić information content (AvgIpc) is 3.10. The predicted molar refractivity (Wildman–Crippen MR) is 107 cm³/mol. The van der Waals surface area contributed by atoms with Crippen molar-refractivity contribution in [2.45, 2.75) is 13.5 Å². The minimum absolute atomic E-state index is 0.346. The number of nitrogens with zero attached hydrogens (tertiary/aromatic N) is 3. The van der Waals surface area contributed by atoms with Gasteiger partial charge in [0, 0.05) is 30.3 Å². The summed E-state index contributed by atoms with van der Waals surface area (Å²) in [7, 11) is 0. The Bertz CT molecular complexity index is 761. The first kappa shape index (κ1) is 19.7. The highest BCUT2D eigenvalue weighted by Gasteiger charge is 2.12. The van der Waals surface area contributed by atoms with Crippen molar-refractivity contribution in [3.8, 4) is 5.75 Å². The number of halogens is 1. The van der Waals surface area contributed by atoms with Gasteiger partial charge in [0.25, 0.3) is 0 Å². The Morgan fingerprint density at radius 3 is 2.89 bits per heavy atom. The summed E-state index contributed by atoms with van der Waals surface area (Å²) < 4.78 is 13.6. The van der Waals surface area contributed by atoms with Crippen molar-refractivity contribution in [3.63, 3.8) is 0 Å². The average molecular weight is 438 g/mol. The van der Waals surface area contributed by atoms with E-state index in [0.29, 0.717) is 23.7 Å². The summed E-state index contributed by atoms with van der Waals surface area (Å²) >= 11 is 3.41. The number of benzene rings is 1. The van der Waals surface area contributed by atoms with Gasteiger partial charge in [0.2, 0.25) is 0 Å². The Morgan fingerprint density at radius 1 is 1.30 bits per heavy atom. The molecular formula is C18H24BrN5O3. The molecule has 1 aliphatic heterocycles. The van der Waals surface area contributed by atoms with E-state index in [9.17, 15) is 4.79 Å². The molecule has 1 aromatic heterocycles. The molecule has 3 rings (SSSR count). The van der Waals surface area contributed by atoms with Crippen LogP contribution in [0.5, 0.6) is 5.75 Å². The Hall–Kier alpha value is -2.10. The van der Waals surface area contributed by atoms with E-state index in [0.717, 1.165) is 43.9 Å². The number of anilines is 2. The third kappa shape index (κ3) is 5.95. The van der Waals surface area contributed by atoms with Gasteiger partial charge in [0.05, 0.1) is 43.9 Å². The largest absolute Gasteiger partial charge is 0.492 e. The van der Waals surface area contributed by atoms with Crippen LogP contribution in [0, 0.1) is 0 Å². The molecule has 1 saturated heterocycles. The maximum absolute atomic E-state index is 12.3. The molecule has 1 aliphatic rings. The number of urea groups is 1. The van der Waals surface area contributed by atoms with Gasteiger partial charge in [-0.25, -0.2) is 4.79 Å². The summed E-state index contributed by atoms with van der Waals surface area (Å²) in [5.74, 6) is 0.622. The fraction of sp³-hybridized carbons (Fsp3) is 0.444. The summed E-state index contributed by atoms with van der Waals surface area (Å²) in [5.41, 5.74) is 1.24. The fourth-order valence-electron chi connectivity index (χ4n) is 2.78. The van der Waals surface area contributed by atoms with Crippen molar-refractivity contribution in [1.29, 1.82) is 0 Å². The molecule has 27 heavy (non-hydrogen) atoms. The van der Waals surface area contributed by atoms with Crippen molar-refractivity contribution >= 4 is 33.3 Å². The van der Waals surface area contributed by atoms with Crippen molar-refractivity contribution < 1.29 is 14.3 Å². The lowest BCUT2D eigenvalue weighted by Gasteiger charge is -2.26. The molecule has 0 unspecified atom stereocenters. The first-order valence-electron chi connectivity index (χ1n) is 8.97. The van der Waals surface area contributed by atoms with E-state index < -0.39 is 0 Å². The second-order valence-corrected chi connectivity index (χ2v) is 7.01. The molecule has 0 atom stereocenters. The lowest BCUT2D eigenvalue weighted by molar-refractivity contribution is 0.0360. The van der Waals surface area contributed by atoms with Crippen LogP contribution in [-0.4, -0.2) is 60.2 Å². The summed E-state index contributed by atoms with van der Waals surface area (Å²) in [6.45, 7) is 7.56. The van der Waals surface area contributed by atoms with Gasteiger partial charge < -0.3 is 20.1 Å². The van der Waals surface area contributed by atoms with Crippen molar-refractivity contribution in [3.05, 3.63) is 35.1 Å². The smallest absolute Gasteiger partial charge is 0.323 e. The third-order valence-electron chi connectivity index (χ3n) is 4.13. The van der Waals surface area contributed by atoms with Crippen LogP contribution in [0.4, 0.5) is 16.2 Å². The Labute approximate surface area is 166 Å². The molecule has 1 aromatic carbocycles. The van der Waals surface area contributed by atoms with Crippen LogP contribution in [0.3, 0.4) is 0 Å². The molecule has 9 heteroatoms. The van der Waals surface area contributed by atoms with E-state index in [-0.39, 0.29) is 6.03 Å². The second-order valence-electron chi connectivity index (χ2n) is 6.10. The molecule has 146 valence electrons.